The Bertz CT molecular complexity index is 747. The van der Waals surface area contributed by atoms with E-state index in [4.69, 9.17) is 0 Å². The first-order valence-electron chi connectivity index (χ1n) is 4.87. The van der Waals surface area contributed by atoms with Gasteiger partial charge in [0, 0.05) is 11.6 Å². The molecule has 0 aliphatic heterocycles. The average molecular weight is 212 g/mol. The maximum Gasteiger partial charge on any atom is 0.292 e. The van der Waals surface area contributed by atoms with Gasteiger partial charge in [-0.1, -0.05) is 18.2 Å². The van der Waals surface area contributed by atoms with E-state index in [0.29, 0.717) is 10.1 Å². The van der Waals surface area contributed by atoms with Gasteiger partial charge in [-0.05, 0) is 23.6 Å². The summed E-state index contributed by atoms with van der Waals surface area (Å²) in [4.78, 5) is 15.8. The van der Waals surface area contributed by atoms with E-state index < -0.39 is 5.56 Å². The Morgan fingerprint density at radius 2 is 1.69 bits per heavy atom. The number of benzene rings is 1. The fourth-order valence-electron chi connectivity index (χ4n) is 1.89. The molecule has 3 rings (SSSR count). The fraction of sp³-hybridized carbons (Fsp3) is 0. The highest BCUT2D eigenvalue weighted by atomic mass is 16.5. The Morgan fingerprint density at radius 1 is 1.00 bits per heavy atom. The van der Waals surface area contributed by atoms with Gasteiger partial charge in [0.05, 0.1) is 5.39 Å². The summed E-state index contributed by atoms with van der Waals surface area (Å²) in [5.41, 5.74) is -0.159. The average Bonchev–Trinajstić information content (AvgIpc) is 2.36. The van der Waals surface area contributed by atoms with Crippen LogP contribution in [0.5, 0.6) is 0 Å². The Balaban J connectivity index is 2.74. The number of rotatable bonds is 0. The minimum atomic E-state index is -0.443. The van der Waals surface area contributed by atoms with Gasteiger partial charge in [-0.15, -0.1) is 4.73 Å². The summed E-state index contributed by atoms with van der Waals surface area (Å²) < 4.78 is 0.595. The van der Waals surface area contributed by atoms with Crippen molar-refractivity contribution >= 4 is 21.8 Å². The Hall–Kier alpha value is -2.36. The standard InChI is InChI=1S/C12H8N2O2/c15-12-10-5-2-1-4-8(10)9-6-3-7-13-11(9)14(12)16/h1-7,16H. The van der Waals surface area contributed by atoms with Gasteiger partial charge >= 0.3 is 0 Å². The molecule has 0 fully saturated rings. The first-order valence-corrected chi connectivity index (χ1v) is 4.87. The normalized spacial score (nSPS) is 11.0. The van der Waals surface area contributed by atoms with Crippen LogP contribution in [0.2, 0.25) is 0 Å². The van der Waals surface area contributed by atoms with E-state index >= 15 is 0 Å². The van der Waals surface area contributed by atoms with E-state index in [9.17, 15) is 10.0 Å². The zero-order chi connectivity index (χ0) is 11.1. The number of nitrogens with zero attached hydrogens (tertiary/aromatic N) is 2. The van der Waals surface area contributed by atoms with E-state index in [1.807, 2.05) is 18.2 Å². The number of hydrogen-bond acceptors (Lipinski definition) is 3. The highest BCUT2D eigenvalue weighted by molar-refractivity contribution is 6.03. The smallest absolute Gasteiger partial charge is 0.292 e. The fourth-order valence-corrected chi connectivity index (χ4v) is 1.89. The zero-order valence-electron chi connectivity index (χ0n) is 8.29. The second-order valence-corrected chi connectivity index (χ2v) is 3.54. The Kier molecular flexibility index (Phi) is 1.71. The molecular weight excluding hydrogens is 204 g/mol. The van der Waals surface area contributed by atoms with Gasteiger partial charge in [0.1, 0.15) is 0 Å². The van der Waals surface area contributed by atoms with Crippen molar-refractivity contribution in [1.29, 1.82) is 0 Å². The molecule has 2 aromatic heterocycles. The van der Waals surface area contributed by atoms with Gasteiger partial charge in [-0.3, -0.25) is 4.79 Å². The summed E-state index contributed by atoms with van der Waals surface area (Å²) in [5, 5.41) is 11.8. The van der Waals surface area contributed by atoms with Crippen LogP contribution in [0.3, 0.4) is 0 Å². The number of aromatic nitrogens is 2. The van der Waals surface area contributed by atoms with Crippen molar-refractivity contribution in [1.82, 2.24) is 9.71 Å². The Morgan fingerprint density at radius 3 is 2.50 bits per heavy atom. The van der Waals surface area contributed by atoms with Crippen molar-refractivity contribution in [2.75, 3.05) is 0 Å². The molecule has 1 N–H and O–H groups in total. The van der Waals surface area contributed by atoms with E-state index in [1.54, 1.807) is 24.4 Å². The van der Waals surface area contributed by atoms with Crippen molar-refractivity contribution in [3.8, 4) is 0 Å². The largest absolute Gasteiger partial charge is 0.423 e. The van der Waals surface area contributed by atoms with Crippen LogP contribution in [-0.4, -0.2) is 14.9 Å². The molecule has 4 heteroatoms. The molecule has 16 heavy (non-hydrogen) atoms. The van der Waals surface area contributed by atoms with Gasteiger partial charge in [0.2, 0.25) is 0 Å². The maximum absolute atomic E-state index is 11.8. The van der Waals surface area contributed by atoms with Crippen LogP contribution in [0.25, 0.3) is 21.8 Å². The molecular formula is C12H8N2O2. The second-order valence-electron chi connectivity index (χ2n) is 3.54. The molecule has 0 spiro atoms. The molecule has 3 aromatic rings. The predicted molar refractivity (Wildman–Crippen MR) is 60.7 cm³/mol. The molecule has 0 bridgehead atoms. The first-order chi connectivity index (χ1) is 7.79. The highest BCUT2D eigenvalue weighted by Gasteiger charge is 2.09. The van der Waals surface area contributed by atoms with E-state index in [-0.39, 0.29) is 5.65 Å². The zero-order valence-corrected chi connectivity index (χ0v) is 8.29. The third-order valence-electron chi connectivity index (χ3n) is 2.63. The van der Waals surface area contributed by atoms with Crippen molar-refractivity contribution in [2.24, 2.45) is 0 Å². The lowest BCUT2D eigenvalue weighted by Crippen LogP contribution is -2.18. The molecule has 78 valence electrons. The van der Waals surface area contributed by atoms with Crippen LogP contribution >= 0.6 is 0 Å². The van der Waals surface area contributed by atoms with Crippen LogP contribution in [0.15, 0.2) is 47.4 Å². The summed E-state index contributed by atoms with van der Waals surface area (Å²) in [6, 6.07) is 10.8. The summed E-state index contributed by atoms with van der Waals surface area (Å²) >= 11 is 0. The first kappa shape index (κ1) is 8.91. The van der Waals surface area contributed by atoms with E-state index in [0.717, 1.165) is 10.8 Å². The van der Waals surface area contributed by atoms with Crippen molar-refractivity contribution in [3.05, 3.63) is 52.9 Å². The molecule has 0 unspecified atom stereocenters. The minimum absolute atomic E-state index is 0.284. The summed E-state index contributed by atoms with van der Waals surface area (Å²) in [6.45, 7) is 0. The molecule has 4 nitrogen and oxygen atoms in total. The molecule has 0 atom stereocenters. The molecule has 0 aliphatic rings. The minimum Gasteiger partial charge on any atom is -0.423 e. The van der Waals surface area contributed by atoms with Crippen molar-refractivity contribution in [2.45, 2.75) is 0 Å². The van der Waals surface area contributed by atoms with E-state index in [2.05, 4.69) is 4.98 Å². The summed E-state index contributed by atoms with van der Waals surface area (Å²) in [6.07, 6.45) is 1.54. The summed E-state index contributed by atoms with van der Waals surface area (Å²) in [7, 11) is 0. The van der Waals surface area contributed by atoms with Gasteiger partial charge < -0.3 is 5.21 Å². The molecule has 0 amide bonds. The molecule has 0 saturated heterocycles. The van der Waals surface area contributed by atoms with Gasteiger partial charge in [0.15, 0.2) is 5.65 Å². The maximum atomic E-state index is 11.8. The topological polar surface area (TPSA) is 55.1 Å². The van der Waals surface area contributed by atoms with Gasteiger partial charge in [-0.2, -0.15) is 0 Å². The molecule has 2 heterocycles. The lowest BCUT2D eigenvalue weighted by molar-refractivity contribution is 0.188. The molecule has 0 aliphatic carbocycles. The molecule has 0 radical (unpaired) electrons. The predicted octanol–water partition coefficient (Wildman–Crippen LogP) is 1.79. The van der Waals surface area contributed by atoms with Crippen LogP contribution in [0.1, 0.15) is 0 Å². The van der Waals surface area contributed by atoms with E-state index in [1.165, 1.54) is 0 Å². The Labute approximate surface area is 90.4 Å². The monoisotopic (exact) mass is 212 g/mol. The van der Waals surface area contributed by atoms with Crippen LogP contribution in [-0.2, 0) is 0 Å². The van der Waals surface area contributed by atoms with Crippen LogP contribution < -0.4 is 5.56 Å². The summed E-state index contributed by atoms with van der Waals surface area (Å²) in [5.74, 6) is 0. The SMILES string of the molecule is O=c1c2ccccc2c2cccnc2n1O. The molecule has 1 aromatic carbocycles. The highest BCUT2D eigenvalue weighted by Crippen LogP contribution is 2.19. The lowest BCUT2D eigenvalue weighted by atomic mass is 10.1. The molecule has 0 saturated carbocycles. The quantitative estimate of drug-likeness (QED) is 0.456. The van der Waals surface area contributed by atoms with Crippen LogP contribution in [0, 0.1) is 0 Å². The second kappa shape index (κ2) is 3.06. The number of hydrogen-bond donors (Lipinski definition) is 1. The van der Waals surface area contributed by atoms with Crippen LogP contribution in [0.4, 0.5) is 0 Å². The lowest BCUT2D eigenvalue weighted by Gasteiger charge is -2.05. The number of fused-ring (bicyclic) bond motifs is 3. The van der Waals surface area contributed by atoms with Crippen molar-refractivity contribution in [3.63, 3.8) is 0 Å². The van der Waals surface area contributed by atoms with Gasteiger partial charge in [0.25, 0.3) is 5.56 Å². The third kappa shape index (κ3) is 1.04. The third-order valence-corrected chi connectivity index (χ3v) is 2.63. The van der Waals surface area contributed by atoms with Crippen molar-refractivity contribution < 1.29 is 5.21 Å². The van der Waals surface area contributed by atoms with Gasteiger partial charge in [-0.25, -0.2) is 4.98 Å². The number of pyridine rings is 2.